The Bertz CT molecular complexity index is 1640. The van der Waals surface area contributed by atoms with Crippen molar-refractivity contribution in [3.8, 4) is 17.2 Å². The molecule has 7 nitrogen and oxygen atoms in total. The molecule has 35 heavy (non-hydrogen) atoms. The molecule has 0 fully saturated rings. The van der Waals surface area contributed by atoms with Crippen molar-refractivity contribution in [2.24, 2.45) is 0 Å². The molecule has 11 heteroatoms. The molecule has 0 aliphatic rings. The number of thiophene rings is 1. The number of rotatable bonds is 5. The summed E-state index contributed by atoms with van der Waals surface area (Å²) >= 11 is 3.66. The molecule has 0 atom stereocenters. The molecule has 0 radical (unpaired) electrons. The van der Waals surface area contributed by atoms with Crippen LogP contribution in [0.1, 0.15) is 10.4 Å². The van der Waals surface area contributed by atoms with Crippen LogP contribution in [0.3, 0.4) is 0 Å². The Balaban J connectivity index is 1.37. The zero-order valence-electron chi connectivity index (χ0n) is 17.5. The highest BCUT2D eigenvalue weighted by molar-refractivity contribution is 14.1. The van der Waals surface area contributed by atoms with Crippen LogP contribution >= 0.6 is 33.9 Å². The van der Waals surface area contributed by atoms with Gasteiger partial charge in [0.2, 0.25) is 0 Å². The van der Waals surface area contributed by atoms with E-state index in [1.807, 2.05) is 6.07 Å². The lowest BCUT2D eigenvalue weighted by molar-refractivity contribution is 0.102. The molecular weight excluding hydrogens is 589 g/mol. The summed E-state index contributed by atoms with van der Waals surface area (Å²) in [4.78, 5) is 29.8. The number of amides is 1. The number of hydrogen-bond donors (Lipinski definition) is 1. The summed E-state index contributed by atoms with van der Waals surface area (Å²) in [6.45, 7) is 0. The van der Waals surface area contributed by atoms with E-state index in [4.69, 9.17) is 4.74 Å². The molecule has 1 N–H and O–H groups in total. The van der Waals surface area contributed by atoms with Crippen molar-refractivity contribution in [1.82, 2.24) is 14.8 Å². The average molecular weight is 602 g/mol. The number of carbonyl (C=O) groups excluding carboxylic acids is 1. The Morgan fingerprint density at radius 2 is 1.80 bits per heavy atom. The summed E-state index contributed by atoms with van der Waals surface area (Å²) in [7, 11) is 0. The number of halogens is 3. The van der Waals surface area contributed by atoms with Crippen molar-refractivity contribution in [3.63, 3.8) is 0 Å². The first-order chi connectivity index (χ1) is 16.9. The summed E-state index contributed by atoms with van der Waals surface area (Å²) in [6, 6.07) is 13.9. The Kier molecular flexibility index (Phi) is 6.26. The second-order valence-electron chi connectivity index (χ2n) is 7.21. The Morgan fingerprint density at radius 1 is 1.00 bits per heavy atom. The van der Waals surface area contributed by atoms with Crippen molar-refractivity contribution in [2.75, 3.05) is 5.32 Å². The highest BCUT2D eigenvalue weighted by Crippen LogP contribution is 2.36. The van der Waals surface area contributed by atoms with Crippen LogP contribution in [0.4, 0.5) is 14.5 Å². The quantitative estimate of drug-likeness (QED) is 0.259. The molecule has 0 bridgehead atoms. The Morgan fingerprint density at radius 3 is 2.57 bits per heavy atom. The summed E-state index contributed by atoms with van der Waals surface area (Å²) in [6.07, 6.45) is 2.86. The van der Waals surface area contributed by atoms with Crippen molar-refractivity contribution < 1.29 is 18.3 Å². The number of nitrogens with zero attached hydrogens (tertiary/aromatic N) is 3. The highest BCUT2D eigenvalue weighted by atomic mass is 127. The molecular formula is C24H13F2IN4O3S. The second-order valence-corrected chi connectivity index (χ2v) is 10.2. The zero-order valence-corrected chi connectivity index (χ0v) is 20.5. The van der Waals surface area contributed by atoms with Gasteiger partial charge >= 0.3 is 0 Å². The fourth-order valence-corrected chi connectivity index (χ4v) is 5.04. The molecule has 0 spiro atoms. The van der Waals surface area contributed by atoms with E-state index >= 15 is 0 Å². The van der Waals surface area contributed by atoms with Gasteiger partial charge in [-0.1, -0.05) is 0 Å². The first-order valence-electron chi connectivity index (χ1n) is 10.1. The van der Waals surface area contributed by atoms with Crippen molar-refractivity contribution >= 4 is 55.7 Å². The fraction of sp³-hybridized carbons (Fsp3) is 0. The zero-order chi connectivity index (χ0) is 24.5. The van der Waals surface area contributed by atoms with E-state index in [1.54, 1.807) is 12.3 Å². The Hall–Kier alpha value is -3.71. The molecule has 0 saturated carbocycles. The van der Waals surface area contributed by atoms with Gasteiger partial charge in [-0.05, 0) is 71.1 Å². The van der Waals surface area contributed by atoms with Gasteiger partial charge in [0, 0.05) is 30.2 Å². The minimum absolute atomic E-state index is 0.0264. The van der Waals surface area contributed by atoms with Crippen LogP contribution in [0, 0.1) is 14.5 Å². The number of benzene rings is 2. The van der Waals surface area contributed by atoms with Gasteiger partial charge in [0.05, 0.1) is 18.8 Å². The number of pyridine rings is 1. The van der Waals surface area contributed by atoms with Crippen LogP contribution in [0.5, 0.6) is 11.5 Å². The molecule has 3 heterocycles. The van der Waals surface area contributed by atoms with E-state index in [0.29, 0.717) is 11.4 Å². The lowest BCUT2D eigenvalue weighted by Gasteiger charge is -2.10. The third kappa shape index (κ3) is 4.77. The fourth-order valence-electron chi connectivity index (χ4n) is 3.30. The van der Waals surface area contributed by atoms with Gasteiger partial charge in [0.15, 0.2) is 11.6 Å². The minimum atomic E-state index is -0.745. The van der Waals surface area contributed by atoms with E-state index in [0.717, 1.165) is 23.8 Å². The first kappa shape index (κ1) is 23.1. The van der Waals surface area contributed by atoms with Gasteiger partial charge in [-0.2, -0.15) is 9.78 Å². The summed E-state index contributed by atoms with van der Waals surface area (Å²) in [5, 5.41) is 6.45. The third-order valence-corrected chi connectivity index (χ3v) is 6.82. The van der Waals surface area contributed by atoms with Gasteiger partial charge in [0.25, 0.3) is 11.5 Å². The molecule has 5 rings (SSSR count). The topological polar surface area (TPSA) is 86.1 Å². The molecule has 0 unspecified atom stereocenters. The molecule has 1 amide bonds. The smallest absolute Gasteiger partial charge is 0.284 e. The Labute approximate surface area is 214 Å². The SMILES string of the molecule is O=C(Nc1ccc(Oc2ccnc3cc(I)sc23)c(F)c1)c1ccnn(-c2ccc(F)cc2)c1=O. The lowest BCUT2D eigenvalue weighted by Crippen LogP contribution is -2.29. The average Bonchev–Trinajstić information content (AvgIpc) is 3.23. The third-order valence-electron chi connectivity index (χ3n) is 4.92. The molecule has 0 aliphatic carbocycles. The summed E-state index contributed by atoms with van der Waals surface area (Å²) in [5.74, 6) is -1.47. The van der Waals surface area contributed by atoms with Gasteiger partial charge in [-0.25, -0.2) is 8.78 Å². The number of anilines is 1. The lowest BCUT2D eigenvalue weighted by atomic mass is 10.2. The predicted octanol–water partition coefficient (Wildman–Crippen LogP) is 5.77. The highest BCUT2D eigenvalue weighted by Gasteiger charge is 2.16. The van der Waals surface area contributed by atoms with Crippen LogP contribution in [-0.2, 0) is 0 Å². The predicted molar refractivity (Wildman–Crippen MR) is 137 cm³/mol. The number of aromatic nitrogens is 3. The number of ether oxygens (including phenoxy) is 1. The molecule has 174 valence electrons. The van der Waals surface area contributed by atoms with E-state index in [-0.39, 0.29) is 17.0 Å². The van der Waals surface area contributed by atoms with Crippen LogP contribution in [-0.4, -0.2) is 20.7 Å². The van der Waals surface area contributed by atoms with Crippen LogP contribution < -0.4 is 15.6 Å². The van der Waals surface area contributed by atoms with Crippen LogP contribution in [0.2, 0.25) is 0 Å². The standard InChI is InChI=1S/C24H13F2IN4O3S/c25-13-1-4-15(5-2-13)31-24(33)16(7-10-29-31)23(32)30-14-3-6-19(17(26)11-14)34-20-8-9-28-18-12-21(27)35-22(18)20/h1-12H,(H,30,32). The number of fused-ring (bicyclic) bond motifs is 1. The van der Waals surface area contributed by atoms with Gasteiger partial charge in [0.1, 0.15) is 17.1 Å². The number of nitrogens with one attached hydrogen (secondary N) is 1. The largest absolute Gasteiger partial charge is 0.453 e. The molecule has 0 aliphatic heterocycles. The number of carbonyl (C=O) groups is 1. The molecule has 3 aromatic heterocycles. The molecule has 5 aromatic rings. The van der Waals surface area contributed by atoms with E-state index in [2.05, 4.69) is 38.0 Å². The van der Waals surface area contributed by atoms with Crippen LogP contribution in [0.25, 0.3) is 15.9 Å². The minimum Gasteiger partial charge on any atom is -0.453 e. The summed E-state index contributed by atoms with van der Waals surface area (Å²) in [5.41, 5.74) is 0.268. The van der Waals surface area contributed by atoms with Crippen molar-refractivity contribution in [3.05, 3.63) is 103 Å². The molecule has 2 aromatic carbocycles. The van der Waals surface area contributed by atoms with Gasteiger partial charge in [-0.3, -0.25) is 14.6 Å². The van der Waals surface area contributed by atoms with E-state index < -0.39 is 23.1 Å². The molecule has 0 saturated heterocycles. The van der Waals surface area contributed by atoms with Gasteiger partial charge in [-0.15, -0.1) is 11.3 Å². The maximum absolute atomic E-state index is 14.8. The van der Waals surface area contributed by atoms with E-state index in [9.17, 15) is 18.4 Å². The number of hydrogen-bond acceptors (Lipinski definition) is 6. The van der Waals surface area contributed by atoms with E-state index in [1.165, 1.54) is 60.0 Å². The van der Waals surface area contributed by atoms with Crippen molar-refractivity contribution in [2.45, 2.75) is 0 Å². The first-order valence-corrected chi connectivity index (χ1v) is 12.0. The van der Waals surface area contributed by atoms with Gasteiger partial charge < -0.3 is 10.1 Å². The summed E-state index contributed by atoms with van der Waals surface area (Å²) < 4.78 is 36.5. The normalized spacial score (nSPS) is 10.9. The van der Waals surface area contributed by atoms with Crippen molar-refractivity contribution in [1.29, 1.82) is 0 Å². The monoisotopic (exact) mass is 602 g/mol. The maximum Gasteiger partial charge on any atom is 0.284 e. The second kappa shape index (κ2) is 9.50. The maximum atomic E-state index is 14.8. The van der Waals surface area contributed by atoms with Crippen LogP contribution in [0.15, 0.2) is 77.9 Å².